The zero-order valence-corrected chi connectivity index (χ0v) is 11.5. The highest BCUT2D eigenvalue weighted by atomic mass is 16.5. The summed E-state index contributed by atoms with van der Waals surface area (Å²) in [5.74, 6) is 0.996. The van der Waals surface area contributed by atoms with Gasteiger partial charge in [-0.05, 0) is 24.6 Å². The molecule has 1 fully saturated rings. The SMILES string of the molecule is COC(=O)/C=C1/CC/C(=C\c2cccc(C(C)=O)c2)O1. The maximum atomic E-state index is 11.3. The summed E-state index contributed by atoms with van der Waals surface area (Å²) in [6.07, 6.45) is 4.64. The van der Waals surface area contributed by atoms with E-state index >= 15 is 0 Å². The van der Waals surface area contributed by atoms with Gasteiger partial charge in [-0.15, -0.1) is 0 Å². The van der Waals surface area contributed by atoms with Gasteiger partial charge in [0.25, 0.3) is 0 Å². The second kappa shape index (κ2) is 6.19. The van der Waals surface area contributed by atoms with Crippen molar-refractivity contribution in [3.63, 3.8) is 0 Å². The molecular weight excluding hydrogens is 256 g/mol. The minimum Gasteiger partial charge on any atom is -0.466 e. The Kier molecular flexibility index (Phi) is 4.35. The molecule has 0 amide bonds. The van der Waals surface area contributed by atoms with E-state index < -0.39 is 5.97 Å². The van der Waals surface area contributed by atoms with Crippen LogP contribution in [0.5, 0.6) is 0 Å². The van der Waals surface area contributed by atoms with Gasteiger partial charge < -0.3 is 9.47 Å². The summed E-state index contributed by atoms with van der Waals surface area (Å²) in [6.45, 7) is 1.54. The Balaban J connectivity index is 2.13. The topological polar surface area (TPSA) is 52.6 Å². The lowest BCUT2D eigenvalue weighted by Gasteiger charge is -2.01. The second-order valence-electron chi connectivity index (χ2n) is 4.53. The summed E-state index contributed by atoms with van der Waals surface area (Å²) in [4.78, 5) is 22.4. The van der Waals surface area contributed by atoms with Crippen LogP contribution in [0.3, 0.4) is 0 Å². The first-order valence-electron chi connectivity index (χ1n) is 6.36. The van der Waals surface area contributed by atoms with Crippen LogP contribution in [-0.2, 0) is 14.3 Å². The third-order valence-electron chi connectivity index (χ3n) is 2.98. The monoisotopic (exact) mass is 272 g/mol. The molecule has 20 heavy (non-hydrogen) atoms. The average Bonchev–Trinajstić information content (AvgIpc) is 2.86. The first-order valence-corrected chi connectivity index (χ1v) is 6.36. The molecule has 0 radical (unpaired) electrons. The van der Waals surface area contributed by atoms with Gasteiger partial charge in [-0.3, -0.25) is 4.79 Å². The summed E-state index contributed by atoms with van der Waals surface area (Å²) in [5, 5.41) is 0. The smallest absolute Gasteiger partial charge is 0.333 e. The number of hydrogen-bond donors (Lipinski definition) is 0. The minimum atomic E-state index is -0.417. The number of carbonyl (C=O) groups is 2. The largest absolute Gasteiger partial charge is 0.466 e. The van der Waals surface area contributed by atoms with E-state index in [4.69, 9.17) is 4.74 Å². The number of Topliss-reactive ketones (excluding diaryl/α,β-unsaturated/α-hetero) is 1. The Morgan fingerprint density at radius 3 is 2.70 bits per heavy atom. The van der Waals surface area contributed by atoms with Gasteiger partial charge in [0.1, 0.15) is 11.5 Å². The van der Waals surface area contributed by atoms with Crippen molar-refractivity contribution >= 4 is 17.8 Å². The molecule has 0 atom stereocenters. The number of ketones is 1. The highest BCUT2D eigenvalue weighted by Gasteiger charge is 2.15. The van der Waals surface area contributed by atoms with Crippen molar-refractivity contribution in [2.75, 3.05) is 7.11 Å². The number of carbonyl (C=O) groups excluding carboxylic acids is 2. The van der Waals surface area contributed by atoms with Crippen molar-refractivity contribution in [3.8, 4) is 0 Å². The fraction of sp³-hybridized carbons (Fsp3) is 0.250. The standard InChI is InChI=1S/C16H16O4/c1-11(17)13-5-3-4-12(8-13)9-14-6-7-15(20-14)10-16(18)19-2/h3-5,8-10H,6-7H2,1-2H3/b14-9+,15-10-. The highest BCUT2D eigenvalue weighted by Crippen LogP contribution is 2.28. The number of hydrogen-bond acceptors (Lipinski definition) is 4. The van der Waals surface area contributed by atoms with Gasteiger partial charge in [0, 0.05) is 18.4 Å². The lowest BCUT2D eigenvalue weighted by Crippen LogP contribution is -1.96. The quantitative estimate of drug-likeness (QED) is 0.482. The van der Waals surface area contributed by atoms with Crippen molar-refractivity contribution in [2.45, 2.75) is 19.8 Å². The predicted molar refractivity (Wildman–Crippen MR) is 74.8 cm³/mol. The zero-order chi connectivity index (χ0) is 14.5. The molecule has 4 nitrogen and oxygen atoms in total. The molecule has 1 heterocycles. The van der Waals surface area contributed by atoms with Crippen LogP contribution < -0.4 is 0 Å². The Bertz CT molecular complexity index is 596. The zero-order valence-electron chi connectivity index (χ0n) is 11.5. The van der Waals surface area contributed by atoms with E-state index in [9.17, 15) is 9.59 Å². The normalized spacial score (nSPS) is 18.1. The van der Waals surface area contributed by atoms with Gasteiger partial charge in [-0.25, -0.2) is 4.79 Å². The van der Waals surface area contributed by atoms with Crippen LogP contribution >= 0.6 is 0 Å². The van der Waals surface area contributed by atoms with E-state index in [0.29, 0.717) is 17.7 Å². The van der Waals surface area contributed by atoms with Crippen LogP contribution in [0.25, 0.3) is 6.08 Å². The highest BCUT2D eigenvalue weighted by molar-refractivity contribution is 5.94. The molecule has 0 aromatic heterocycles. The molecule has 4 heteroatoms. The van der Waals surface area contributed by atoms with Gasteiger partial charge in [0.2, 0.25) is 0 Å². The Hall–Kier alpha value is -2.36. The molecule has 2 rings (SSSR count). The maximum Gasteiger partial charge on any atom is 0.333 e. The number of benzene rings is 1. The van der Waals surface area contributed by atoms with E-state index in [1.807, 2.05) is 24.3 Å². The van der Waals surface area contributed by atoms with Gasteiger partial charge >= 0.3 is 5.97 Å². The summed E-state index contributed by atoms with van der Waals surface area (Å²) >= 11 is 0. The van der Waals surface area contributed by atoms with Crippen molar-refractivity contribution in [1.82, 2.24) is 0 Å². The summed E-state index contributed by atoms with van der Waals surface area (Å²) < 4.78 is 10.1. The number of ether oxygens (including phenoxy) is 2. The molecule has 1 aromatic carbocycles. The average molecular weight is 272 g/mol. The second-order valence-corrected chi connectivity index (χ2v) is 4.53. The van der Waals surface area contributed by atoms with Crippen LogP contribution in [-0.4, -0.2) is 18.9 Å². The van der Waals surface area contributed by atoms with E-state index in [1.165, 1.54) is 20.1 Å². The van der Waals surface area contributed by atoms with Crippen molar-refractivity contribution < 1.29 is 19.1 Å². The van der Waals surface area contributed by atoms with Gasteiger partial charge in [-0.2, -0.15) is 0 Å². The van der Waals surface area contributed by atoms with Crippen molar-refractivity contribution in [2.24, 2.45) is 0 Å². The number of rotatable bonds is 3. The molecule has 0 N–H and O–H groups in total. The van der Waals surface area contributed by atoms with Crippen LogP contribution in [0, 0.1) is 0 Å². The van der Waals surface area contributed by atoms with E-state index in [2.05, 4.69) is 4.74 Å². The van der Waals surface area contributed by atoms with Crippen LogP contribution in [0.1, 0.15) is 35.7 Å². The van der Waals surface area contributed by atoms with Gasteiger partial charge in [0.05, 0.1) is 13.2 Å². The Labute approximate surface area is 117 Å². The van der Waals surface area contributed by atoms with E-state index in [0.717, 1.165) is 17.7 Å². The minimum absolute atomic E-state index is 0.0314. The summed E-state index contributed by atoms with van der Waals surface area (Å²) in [7, 11) is 1.33. The molecule has 0 bridgehead atoms. The first kappa shape index (κ1) is 14.1. The molecule has 1 saturated heterocycles. The number of methoxy groups -OCH3 is 1. The third kappa shape index (κ3) is 3.57. The fourth-order valence-corrected chi connectivity index (χ4v) is 1.94. The summed E-state index contributed by atoms with van der Waals surface area (Å²) in [5.41, 5.74) is 1.58. The lowest BCUT2D eigenvalue weighted by atomic mass is 10.1. The molecule has 0 unspecified atom stereocenters. The molecule has 1 aromatic rings. The van der Waals surface area contributed by atoms with Crippen LogP contribution in [0.2, 0.25) is 0 Å². The Morgan fingerprint density at radius 2 is 2.00 bits per heavy atom. The summed E-state index contributed by atoms with van der Waals surface area (Å²) in [6, 6.07) is 7.34. The third-order valence-corrected chi connectivity index (χ3v) is 2.98. The predicted octanol–water partition coefficient (Wildman–Crippen LogP) is 3.10. The molecule has 0 spiro atoms. The van der Waals surface area contributed by atoms with Crippen molar-refractivity contribution in [3.05, 3.63) is 53.0 Å². The Morgan fingerprint density at radius 1 is 1.25 bits per heavy atom. The van der Waals surface area contributed by atoms with Gasteiger partial charge in [0.15, 0.2) is 5.78 Å². The number of esters is 1. The van der Waals surface area contributed by atoms with Crippen LogP contribution in [0.15, 0.2) is 41.9 Å². The maximum absolute atomic E-state index is 11.3. The lowest BCUT2D eigenvalue weighted by molar-refractivity contribution is -0.135. The van der Waals surface area contributed by atoms with Crippen molar-refractivity contribution in [1.29, 1.82) is 0 Å². The molecular formula is C16H16O4. The molecule has 104 valence electrons. The number of allylic oxidation sites excluding steroid dienone is 2. The molecule has 1 aliphatic heterocycles. The van der Waals surface area contributed by atoms with E-state index in [1.54, 1.807) is 6.07 Å². The van der Waals surface area contributed by atoms with Gasteiger partial charge in [-0.1, -0.05) is 18.2 Å². The molecule has 0 aliphatic carbocycles. The van der Waals surface area contributed by atoms with E-state index in [-0.39, 0.29) is 5.78 Å². The fourth-order valence-electron chi connectivity index (χ4n) is 1.94. The molecule has 0 saturated carbocycles. The van der Waals surface area contributed by atoms with Crippen LogP contribution in [0.4, 0.5) is 0 Å². The first-order chi connectivity index (χ1) is 9.58. The molecule has 1 aliphatic rings.